The van der Waals surface area contributed by atoms with Crippen molar-refractivity contribution in [3.8, 4) is 12.1 Å². The fraction of sp³-hybridized carbons (Fsp3) is 0.400. The number of carbonyl (C=O) groups excluding carboxylic acids is 2. The van der Waals surface area contributed by atoms with Crippen molar-refractivity contribution in [3.05, 3.63) is 77.1 Å². The second kappa shape index (κ2) is 12.4. The Hall–Kier alpha value is -4.89. The van der Waals surface area contributed by atoms with E-state index in [1.54, 1.807) is 4.90 Å². The van der Waals surface area contributed by atoms with Crippen molar-refractivity contribution in [3.63, 3.8) is 0 Å². The second-order valence-electron chi connectivity index (χ2n) is 11.9. The highest BCUT2D eigenvalue weighted by atomic mass is 16.2. The van der Waals surface area contributed by atoms with E-state index in [0.29, 0.717) is 51.3 Å². The molecule has 2 aromatic carbocycles. The van der Waals surface area contributed by atoms with Crippen LogP contribution in [-0.4, -0.2) is 71.9 Å². The molecule has 3 aliphatic rings. The van der Waals surface area contributed by atoms with Gasteiger partial charge in [0.1, 0.15) is 17.3 Å². The first-order valence-electron chi connectivity index (χ1n) is 15.5. The number of nitrogens with zero attached hydrogens (tertiary/aromatic N) is 7. The Morgan fingerprint density at radius 2 is 1.80 bits per heavy atom. The van der Waals surface area contributed by atoms with Gasteiger partial charge in [-0.05, 0) is 55.7 Å². The number of piperidine rings is 1. The molecule has 3 aliphatic heterocycles. The molecule has 2 saturated heterocycles. The standard InChI is InChI=1S/C35H37N7O2/c1-3-31(43)42-20-19-41(22-26(42)13-15-36)34-27-14-18-40(30-12-8-11-25-10-7-9-24(2)32(25)30)23-29(27)38-33(28(34)21-37)35(44)39-16-5-4-6-17-39/h3,7-12,26H,1,4-6,13-14,16-20,22-23H2,2H3/t26-/m0/s1. The van der Waals surface area contributed by atoms with Crippen LogP contribution in [0.5, 0.6) is 0 Å². The molecule has 0 aliphatic carbocycles. The van der Waals surface area contributed by atoms with Gasteiger partial charge >= 0.3 is 0 Å². The van der Waals surface area contributed by atoms with Crippen molar-refractivity contribution in [1.29, 1.82) is 10.5 Å². The van der Waals surface area contributed by atoms with Crippen molar-refractivity contribution in [2.24, 2.45) is 0 Å². The van der Waals surface area contributed by atoms with Crippen LogP contribution in [0.3, 0.4) is 0 Å². The number of aromatic nitrogens is 1. The molecule has 9 heteroatoms. The quantitative estimate of drug-likeness (QED) is 0.398. The van der Waals surface area contributed by atoms with Gasteiger partial charge in [0.2, 0.25) is 5.91 Å². The number of hydrogen-bond donors (Lipinski definition) is 0. The second-order valence-corrected chi connectivity index (χ2v) is 11.9. The Bertz CT molecular complexity index is 1710. The van der Waals surface area contributed by atoms with Crippen LogP contribution in [0.2, 0.25) is 0 Å². The summed E-state index contributed by atoms with van der Waals surface area (Å²) < 4.78 is 0. The summed E-state index contributed by atoms with van der Waals surface area (Å²) in [6.07, 6.45) is 5.07. The van der Waals surface area contributed by atoms with Crippen LogP contribution in [0.1, 0.15) is 58.6 Å². The minimum atomic E-state index is -0.352. The third-order valence-electron chi connectivity index (χ3n) is 9.30. The summed E-state index contributed by atoms with van der Waals surface area (Å²) in [7, 11) is 0. The average molecular weight is 588 g/mol. The van der Waals surface area contributed by atoms with E-state index in [1.807, 2.05) is 4.90 Å². The highest BCUT2D eigenvalue weighted by Gasteiger charge is 2.36. The molecule has 0 saturated carbocycles. The molecular formula is C35H37N7O2. The molecule has 0 spiro atoms. The van der Waals surface area contributed by atoms with E-state index in [9.17, 15) is 20.1 Å². The first-order chi connectivity index (χ1) is 21.4. The zero-order chi connectivity index (χ0) is 30.8. The van der Waals surface area contributed by atoms with Crippen molar-refractivity contribution in [2.75, 3.05) is 49.1 Å². The lowest BCUT2D eigenvalue weighted by atomic mass is 9.94. The van der Waals surface area contributed by atoms with Crippen molar-refractivity contribution in [1.82, 2.24) is 14.8 Å². The van der Waals surface area contributed by atoms with Crippen LogP contribution in [0.25, 0.3) is 10.8 Å². The predicted octanol–water partition coefficient (Wildman–Crippen LogP) is 4.72. The van der Waals surface area contributed by atoms with Gasteiger partial charge in [-0.2, -0.15) is 10.5 Å². The largest absolute Gasteiger partial charge is 0.366 e. The number of carbonyl (C=O) groups is 2. The van der Waals surface area contributed by atoms with Crippen LogP contribution in [0.4, 0.5) is 11.4 Å². The maximum Gasteiger partial charge on any atom is 0.273 e. The van der Waals surface area contributed by atoms with Crippen molar-refractivity contribution >= 4 is 34.0 Å². The molecule has 1 aromatic heterocycles. The fourth-order valence-electron chi connectivity index (χ4n) is 7.14. The number of anilines is 2. The molecular weight excluding hydrogens is 550 g/mol. The first-order valence-corrected chi connectivity index (χ1v) is 15.5. The number of hydrogen-bond acceptors (Lipinski definition) is 7. The normalized spacial score (nSPS) is 18.4. The van der Waals surface area contributed by atoms with Crippen LogP contribution < -0.4 is 9.80 Å². The number of pyridine rings is 1. The summed E-state index contributed by atoms with van der Waals surface area (Å²) in [5.41, 5.74) is 5.36. The number of likely N-dealkylation sites (tertiary alicyclic amines) is 1. The molecule has 4 heterocycles. The van der Waals surface area contributed by atoms with Crippen LogP contribution in [-0.2, 0) is 17.8 Å². The molecule has 224 valence electrons. The van der Waals surface area contributed by atoms with E-state index >= 15 is 0 Å². The van der Waals surface area contributed by atoms with Gasteiger partial charge in [0.05, 0.1) is 36.5 Å². The third-order valence-corrected chi connectivity index (χ3v) is 9.30. The number of piperazine rings is 1. The molecule has 0 unspecified atom stereocenters. The Morgan fingerprint density at radius 3 is 2.52 bits per heavy atom. The lowest BCUT2D eigenvalue weighted by molar-refractivity contribution is -0.128. The van der Waals surface area contributed by atoms with Gasteiger partial charge in [-0.3, -0.25) is 9.59 Å². The molecule has 2 fully saturated rings. The highest BCUT2D eigenvalue weighted by molar-refractivity contribution is 5.98. The summed E-state index contributed by atoms with van der Waals surface area (Å²) in [6.45, 7) is 9.60. The van der Waals surface area contributed by atoms with Crippen LogP contribution in [0.15, 0.2) is 49.1 Å². The Kier molecular flexibility index (Phi) is 8.21. The Labute approximate surface area is 258 Å². The van der Waals surface area contributed by atoms with Crippen LogP contribution >= 0.6 is 0 Å². The average Bonchev–Trinajstić information content (AvgIpc) is 3.06. The number of rotatable bonds is 5. The van der Waals surface area contributed by atoms with Gasteiger partial charge < -0.3 is 19.6 Å². The van der Waals surface area contributed by atoms with Crippen molar-refractivity contribution in [2.45, 2.75) is 51.6 Å². The lowest BCUT2D eigenvalue weighted by Crippen LogP contribution is -2.55. The molecule has 6 rings (SSSR count). The summed E-state index contributed by atoms with van der Waals surface area (Å²) >= 11 is 0. The van der Waals surface area contributed by atoms with Gasteiger partial charge in [0, 0.05) is 55.9 Å². The molecule has 3 aromatic rings. The highest BCUT2D eigenvalue weighted by Crippen LogP contribution is 2.38. The zero-order valence-electron chi connectivity index (χ0n) is 25.3. The van der Waals surface area contributed by atoms with Crippen LogP contribution in [0, 0.1) is 29.6 Å². The molecule has 9 nitrogen and oxygen atoms in total. The van der Waals surface area contributed by atoms with Crippen molar-refractivity contribution < 1.29 is 9.59 Å². The molecule has 2 amide bonds. The van der Waals surface area contributed by atoms with E-state index in [4.69, 9.17) is 4.98 Å². The minimum Gasteiger partial charge on any atom is -0.366 e. The summed E-state index contributed by atoms with van der Waals surface area (Å²) in [6, 6.07) is 16.9. The minimum absolute atomic E-state index is 0.166. The van der Waals surface area contributed by atoms with Gasteiger partial charge in [-0.15, -0.1) is 0 Å². The number of nitriles is 2. The monoisotopic (exact) mass is 587 g/mol. The maximum atomic E-state index is 14.0. The van der Waals surface area contributed by atoms with E-state index in [0.717, 1.165) is 48.4 Å². The zero-order valence-corrected chi connectivity index (χ0v) is 25.3. The maximum absolute atomic E-state index is 14.0. The van der Waals surface area contributed by atoms with Gasteiger partial charge in [-0.1, -0.05) is 36.9 Å². The Morgan fingerprint density at radius 1 is 1.02 bits per heavy atom. The Balaban J connectivity index is 1.45. The molecule has 0 N–H and O–H groups in total. The summed E-state index contributed by atoms with van der Waals surface area (Å²) in [4.78, 5) is 39.6. The SMILES string of the molecule is C=CC(=O)N1CCN(c2c(C#N)c(C(=O)N3CCCCC3)nc3c2CCN(c2cccc4cccc(C)c24)C3)C[C@@H]1CC#N. The molecule has 1 atom stereocenters. The van der Waals surface area contributed by atoms with E-state index in [1.165, 1.54) is 22.4 Å². The van der Waals surface area contributed by atoms with Gasteiger partial charge in [0.25, 0.3) is 5.91 Å². The number of fused-ring (bicyclic) bond motifs is 2. The number of benzene rings is 2. The number of aryl methyl sites for hydroxylation is 1. The smallest absolute Gasteiger partial charge is 0.273 e. The summed E-state index contributed by atoms with van der Waals surface area (Å²) in [5.74, 6) is -0.401. The first kappa shape index (κ1) is 29.2. The third kappa shape index (κ3) is 5.24. The van der Waals surface area contributed by atoms with E-state index in [2.05, 4.69) is 71.8 Å². The summed E-state index contributed by atoms with van der Waals surface area (Å²) in [5, 5.41) is 22.5. The van der Waals surface area contributed by atoms with E-state index in [-0.39, 0.29) is 30.0 Å². The topological polar surface area (TPSA) is 108 Å². The number of amides is 2. The molecule has 0 bridgehead atoms. The predicted molar refractivity (Wildman–Crippen MR) is 170 cm³/mol. The molecule has 0 radical (unpaired) electrons. The van der Waals surface area contributed by atoms with Gasteiger partial charge in [0.15, 0.2) is 0 Å². The van der Waals surface area contributed by atoms with Gasteiger partial charge in [-0.25, -0.2) is 4.98 Å². The van der Waals surface area contributed by atoms with E-state index < -0.39 is 0 Å². The fourth-order valence-corrected chi connectivity index (χ4v) is 7.14. The molecule has 44 heavy (non-hydrogen) atoms. The lowest BCUT2D eigenvalue weighted by Gasteiger charge is -2.43.